The highest BCUT2D eigenvalue weighted by atomic mass is 35.5. The summed E-state index contributed by atoms with van der Waals surface area (Å²) < 4.78 is 0. The van der Waals surface area contributed by atoms with E-state index in [-0.39, 0.29) is 11.8 Å². The molecule has 1 rings (SSSR count). The second-order valence-electron chi connectivity index (χ2n) is 3.28. The standard InChI is InChI=1S/C11H14ClNO/c1-2-8(13)7-11(14)9-5-3-4-6-10(9)12/h3-6,8H,2,7,13H2,1H3. The van der Waals surface area contributed by atoms with Crippen LogP contribution in [0.25, 0.3) is 0 Å². The molecule has 0 radical (unpaired) electrons. The molecule has 0 fully saturated rings. The van der Waals surface area contributed by atoms with Crippen LogP contribution in [0.2, 0.25) is 5.02 Å². The second kappa shape index (κ2) is 5.13. The molecule has 0 saturated carbocycles. The van der Waals surface area contributed by atoms with Crippen molar-refractivity contribution < 1.29 is 4.79 Å². The topological polar surface area (TPSA) is 43.1 Å². The second-order valence-corrected chi connectivity index (χ2v) is 3.68. The Bertz CT molecular complexity index is 325. The maximum absolute atomic E-state index is 11.7. The van der Waals surface area contributed by atoms with Gasteiger partial charge in [-0.2, -0.15) is 0 Å². The Kier molecular flexibility index (Phi) is 4.11. The first-order valence-corrected chi connectivity index (χ1v) is 5.06. The van der Waals surface area contributed by atoms with Crippen LogP contribution < -0.4 is 5.73 Å². The summed E-state index contributed by atoms with van der Waals surface area (Å²) in [6.07, 6.45) is 1.16. The minimum atomic E-state index is -0.0706. The van der Waals surface area contributed by atoms with E-state index in [9.17, 15) is 4.79 Å². The fourth-order valence-electron chi connectivity index (χ4n) is 1.18. The average molecular weight is 212 g/mol. The van der Waals surface area contributed by atoms with Crippen LogP contribution in [0.1, 0.15) is 30.1 Å². The minimum absolute atomic E-state index is 0.0185. The van der Waals surface area contributed by atoms with Gasteiger partial charge in [0.25, 0.3) is 0 Å². The number of carbonyl (C=O) groups excluding carboxylic acids is 1. The Morgan fingerprint density at radius 3 is 2.71 bits per heavy atom. The number of hydrogen-bond donors (Lipinski definition) is 1. The van der Waals surface area contributed by atoms with E-state index in [4.69, 9.17) is 17.3 Å². The van der Waals surface area contributed by atoms with Crippen LogP contribution >= 0.6 is 11.6 Å². The molecule has 1 aromatic rings. The number of hydrogen-bond acceptors (Lipinski definition) is 2. The Morgan fingerprint density at radius 2 is 2.14 bits per heavy atom. The number of benzene rings is 1. The fourth-order valence-corrected chi connectivity index (χ4v) is 1.42. The Morgan fingerprint density at radius 1 is 1.50 bits per heavy atom. The molecule has 0 saturated heterocycles. The monoisotopic (exact) mass is 211 g/mol. The predicted molar refractivity (Wildman–Crippen MR) is 58.7 cm³/mol. The molecule has 0 bridgehead atoms. The molecule has 0 aromatic heterocycles. The van der Waals surface area contributed by atoms with Crippen molar-refractivity contribution >= 4 is 17.4 Å². The van der Waals surface area contributed by atoms with Crippen LogP contribution in [-0.4, -0.2) is 11.8 Å². The van der Waals surface area contributed by atoms with Crippen molar-refractivity contribution in [2.45, 2.75) is 25.8 Å². The third kappa shape index (κ3) is 2.82. The van der Waals surface area contributed by atoms with Gasteiger partial charge >= 0.3 is 0 Å². The maximum Gasteiger partial charge on any atom is 0.165 e. The van der Waals surface area contributed by atoms with E-state index >= 15 is 0 Å². The summed E-state index contributed by atoms with van der Waals surface area (Å²) in [5, 5.41) is 0.501. The van der Waals surface area contributed by atoms with E-state index in [2.05, 4.69) is 0 Å². The van der Waals surface area contributed by atoms with Crippen molar-refractivity contribution in [1.29, 1.82) is 0 Å². The van der Waals surface area contributed by atoms with Crippen LogP contribution in [-0.2, 0) is 0 Å². The van der Waals surface area contributed by atoms with E-state index in [1.54, 1.807) is 24.3 Å². The van der Waals surface area contributed by atoms with Crippen molar-refractivity contribution in [3.05, 3.63) is 34.9 Å². The number of carbonyl (C=O) groups is 1. The highest BCUT2D eigenvalue weighted by Crippen LogP contribution is 2.17. The molecule has 1 aromatic carbocycles. The summed E-state index contributed by atoms with van der Waals surface area (Å²) in [4.78, 5) is 11.7. The van der Waals surface area contributed by atoms with Gasteiger partial charge in [0.15, 0.2) is 5.78 Å². The number of halogens is 1. The Hall–Kier alpha value is -0.860. The molecule has 0 aliphatic carbocycles. The first-order valence-electron chi connectivity index (χ1n) is 4.68. The van der Waals surface area contributed by atoms with Crippen molar-refractivity contribution in [3.63, 3.8) is 0 Å². The van der Waals surface area contributed by atoms with Gasteiger partial charge in [-0.05, 0) is 18.6 Å². The summed E-state index contributed by atoms with van der Waals surface area (Å²) in [6.45, 7) is 1.96. The molecule has 2 N–H and O–H groups in total. The lowest BCUT2D eigenvalue weighted by Crippen LogP contribution is -2.22. The lowest BCUT2D eigenvalue weighted by atomic mass is 10.0. The number of Topliss-reactive ketones (excluding diaryl/α,β-unsaturated/α-hetero) is 1. The molecule has 0 heterocycles. The number of nitrogens with two attached hydrogens (primary N) is 1. The van der Waals surface area contributed by atoms with E-state index in [0.717, 1.165) is 6.42 Å². The van der Waals surface area contributed by atoms with Crippen molar-refractivity contribution in [1.82, 2.24) is 0 Å². The van der Waals surface area contributed by atoms with E-state index in [1.165, 1.54) is 0 Å². The lowest BCUT2D eigenvalue weighted by Gasteiger charge is -2.08. The van der Waals surface area contributed by atoms with Gasteiger partial charge in [-0.25, -0.2) is 0 Å². The van der Waals surface area contributed by atoms with Crippen molar-refractivity contribution in [2.75, 3.05) is 0 Å². The highest BCUT2D eigenvalue weighted by molar-refractivity contribution is 6.33. The number of ketones is 1. The molecule has 0 aliphatic heterocycles. The van der Waals surface area contributed by atoms with Crippen LogP contribution in [0.3, 0.4) is 0 Å². The first kappa shape index (κ1) is 11.2. The van der Waals surface area contributed by atoms with Crippen LogP contribution in [0, 0.1) is 0 Å². The van der Waals surface area contributed by atoms with Gasteiger partial charge in [0.05, 0.1) is 5.02 Å². The van der Waals surface area contributed by atoms with Gasteiger partial charge in [0.2, 0.25) is 0 Å². The molecule has 14 heavy (non-hydrogen) atoms. The third-order valence-electron chi connectivity index (χ3n) is 2.15. The zero-order chi connectivity index (χ0) is 10.6. The molecule has 0 aliphatic rings. The zero-order valence-corrected chi connectivity index (χ0v) is 8.92. The van der Waals surface area contributed by atoms with Crippen LogP contribution in [0.4, 0.5) is 0 Å². The molecule has 0 amide bonds. The van der Waals surface area contributed by atoms with E-state index < -0.39 is 0 Å². The fraction of sp³-hybridized carbons (Fsp3) is 0.364. The summed E-state index contributed by atoms with van der Waals surface area (Å²) in [7, 11) is 0. The predicted octanol–water partition coefficient (Wildman–Crippen LogP) is 2.65. The van der Waals surface area contributed by atoms with Gasteiger partial charge in [0.1, 0.15) is 0 Å². The largest absolute Gasteiger partial charge is 0.327 e. The molecular weight excluding hydrogens is 198 g/mol. The summed E-state index contributed by atoms with van der Waals surface area (Å²) in [5.41, 5.74) is 6.27. The van der Waals surface area contributed by atoms with Gasteiger partial charge < -0.3 is 5.73 Å². The van der Waals surface area contributed by atoms with Crippen LogP contribution in [0.5, 0.6) is 0 Å². The zero-order valence-electron chi connectivity index (χ0n) is 8.16. The smallest absolute Gasteiger partial charge is 0.165 e. The normalized spacial score (nSPS) is 12.5. The van der Waals surface area contributed by atoms with Gasteiger partial charge in [0, 0.05) is 18.0 Å². The van der Waals surface area contributed by atoms with E-state index in [1.807, 2.05) is 6.92 Å². The Balaban J connectivity index is 2.75. The quantitative estimate of drug-likeness (QED) is 0.779. The molecule has 2 nitrogen and oxygen atoms in total. The Labute approximate surface area is 89.1 Å². The number of rotatable bonds is 4. The first-order chi connectivity index (χ1) is 6.65. The third-order valence-corrected chi connectivity index (χ3v) is 2.48. The summed E-state index contributed by atoms with van der Waals surface area (Å²) in [6, 6.07) is 6.98. The van der Waals surface area contributed by atoms with Gasteiger partial charge in [-0.1, -0.05) is 30.7 Å². The van der Waals surface area contributed by atoms with Gasteiger partial charge in [-0.15, -0.1) is 0 Å². The van der Waals surface area contributed by atoms with Crippen molar-refractivity contribution in [3.8, 4) is 0 Å². The minimum Gasteiger partial charge on any atom is -0.327 e. The SMILES string of the molecule is CCC(N)CC(=O)c1ccccc1Cl. The maximum atomic E-state index is 11.7. The molecule has 0 spiro atoms. The van der Waals surface area contributed by atoms with E-state index in [0.29, 0.717) is 17.0 Å². The van der Waals surface area contributed by atoms with Crippen molar-refractivity contribution in [2.24, 2.45) is 5.73 Å². The molecule has 76 valence electrons. The van der Waals surface area contributed by atoms with Crippen LogP contribution in [0.15, 0.2) is 24.3 Å². The highest BCUT2D eigenvalue weighted by Gasteiger charge is 2.12. The molecule has 1 unspecified atom stereocenters. The molecule has 3 heteroatoms. The average Bonchev–Trinajstić information content (AvgIpc) is 2.18. The summed E-state index contributed by atoms with van der Waals surface area (Å²) in [5.74, 6) is 0.0185. The lowest BCUT2D eigenvalue weighted by molar-refractivity contribution is 0.0974. The van der Waals surface area contributed by atoms with Gasteiger partial charge in [-0.3, -0.25) is 4.79 Å². The summed E-state index contributed by atoms with van der Waals surface area (Å²) >= 11 is 5.88. The molecule has 1 atom stereocenters. The molecular formula is C11H14ClNO.